The Balaban J connectivity index is 1.74. The SMILES string of the molecule is COc1ccccc1NC(=O)CSc1nc(-c2ccc(C)cc2)ccc1C#N. The minimum atomic E-state index is -0.194. The molecule has 5 nitrogen and oxygen atoms in total. The van der Waals surface area contributed by atoms with Gasteiger partial charge in [0.1, 0.15) is 16.8 Å². The molecule has 0 atom stereocenters. The van der Waals surface area contributed by atoms with Gasteiger partial charge in [0.05, 0.1) is 29.8 Å². The first-order valence-electron chi connectivity index (χ1n) is 8.64. The average Bonchev–Trinajstić information content (AvgIpc) is 2.73. The van der Waals surface area contributed by atoms with E-state index in [1.807, 2.05) is 49.4 Å². The lowest BCUT2D eigenvalue weighted by Gasteiger charge is -2.10. The highest BCUT2D eigenvalue weighted by Crippen LogP contribution is 2.27. The Labute approximate surface area is 168 Å². The molecule has 28 heavy (non-hydrogen) atoms. The zero-order chi connectivity index (χ0) is 19.9. The van der Waals surface area contributed by atoms with Gasteiger partial charge in [-0.15, -0.1) is 0 Å². The Kier molecular flexibility index (Phi) is 6.30. The standard InChI is InChI=1S/C22H19N3O2S/c1-15-7-9-16(10-8-15)18-12-11-17(13-23)22(25-18)28-14-21(26)24-19-5-3-4-6-20(19)27-2/h3-12H,14H2,1-2H3,(H,24,26). The summed E-state index contributed by atoms with van der Waals surface area (Å²) >= 11 is 1.24. The highest BCUT2D eigenvalue weighted by Gasteiger charge is 2.12. The van der Waals surface area contributed by atoms with Crippen LogP contribution in [0.1, 0.15) is 11.1 Å². The van der Waals surface area contributed by atoms with Gasteiger partial charge in [-0.05, 0) is 31.2 Å². The molecule has 2 aromatic carbocycles. The number of benzene rings is 2. The number of rotatable bonds is 6. The fourth-order valence-electron chi connectivity index (χ4n) is 2.59. The molecule has 1 N–H and O–H groups in total. The summed E-state index contributed by atoms with van der Waals surface area (Å²) in [5, 5.41) is 12.7. The van der Waals surface area contributed by atoms with Crippen LogP contribution in [-0.4, -0.2) is 23.8 Å². The summed E-state index contributed by atoms with van der Waals surface area (Å²) in [4.78, 5) is 16.9. The largest absolute Gasteiger partial charge is 0.495 e. The van der Waals surface area contributed by atoms with Gasteiger partial charge in [-0.3, -0.25) is 4.79 Å². The molecule has 0 bridgehead atoms. The number of aromatic nitrogens is 1. The van der Waals surface area contributed by atoms with Crippen LogP contribution in [0.25, 0.3) is 11.3 Å². The number of amides is 1. The van der Waals surface area contributed by atoms with Gasteiger partial charge in [-0.1, -0.05) is 53.7 Å². The fraction of sp³-hybridized carbons (Fsp3) is 0.136. The number of methoxy groups -OCH3 is 1. The number of aryl methyl sites for hydroxylation is 1. The van der Waals surface area contributed by atoms with Crippen molar-refractivity contribution in [3.63, 3.8) is 0 Å². The topological polar surface area (TPSA) is 75.0 Å². The number of thioether (sulfide) groups is 1. The molecule has 0 radical (unpaired) electrons. The van der Waals surface area contributed by atoms with Gasteiger partial charge < -0.3 is 10.1 Å². The van der Waals surface area contributed by atoms with Crippen LogP contribution in [-0.2, 0) is 4.79 Å². The number of ether oxygens (including phenoxy) is 1. The van der Waals surface area contributed by atoms with Crippen molar-refractivity contribution in [3.8, 4) is 23.1 Å². The molecular formula is C22H19N3O2S. The zero-order valence-electron chi connectivity index (χ0n) is 15.6. The summed E-state index contributed by atoms with van der Waals surface area (Å²) in [5.74, 6) is 0.538. The minimum Gasteiger partial charge on any atom is -0.495 e. The Bertz CT molecular complexity index is 1030. The van der Waals surface area contributed by atoms with Crippen LogP contribution in [0.5, 0.6) is 5.75 Å². The normalized spacial score (nSPS) is 10.2. The van der Waals surface area contributed by atoms with Crippen LogP contribution in [0.3, 0.4) is 0 Å². The summed E-state index contributed by atoms with van der Waals surface area (Å²) in [6.45, 7) is 2.03. The van der Waals surface area contributed by atoms with Crippen molar-refractivity contribution in [1.82, 2.24) is 4.98 Å². The van der Waals surface area contributed by atoms with Crippen molar-refractivity contribution >= 4 is 23.4 Å². The second-order valence-corrected chi connectivity index (χ2v) is 7.03. The average molecular weight is 389 g/mol. The summed E-state index contributed by atoms with van der Waals surface area (Å²) < 4.78 is 5.24. The number of nitrogens with one attached hydrogen (secondary N) is 1. The van der Waals surface area contributed by atoms with Crippen molar-refractivity contribution in [3.05, 3.63) is 71.8 Å². The molecule has 140 valence electrons. The maximum Gasteiger partial charge on any atom is 0.234 e. The number of nitrogens with zero attached hydrogens (tertiary/aromatic N) is 2. The van der Waals surface area contributed by atoms with Crippen LogP contribution in [0.15, 0.2) is 65.7 Å². The smallest absolute Gasteiger partial charge is 0.234 e. The molecule has 3 rings (SSSR count). The van der Waals surface area contributed by atoms with E-state index in [0.29, 0.717) is 22.0 Å². The molecule has 6 heteroatoms. The molecule has 1 aromatic heterocycles. The molecule has 1 heterocycles. The second-order valence-electron chi connectivity index (χ2n) is 6.06. The predicted octanol–water partition coefficient (Wildman–Crippen LogP) is 4.67. The summed E-state index contributed by atoms with van der Waals surface area (Å²) in [6.07, 6.45) is 0. The summed E-state index contributed by atoms with van der Waals surface area (Å²) in [7, 11) is 1.55. The molecular weight excluding hydrogens is 370 g/mol. The fourth-order valence-corrected chi connectivity index (χ4v) is 3.36. The predicted molar refractivity (Wildman–Crippen MR) is 111 cm³/mol. The zero-order valence-corrected chi connectivity index (χ0v) is 16.4. The maximum absolute atomic E-state index is 12.3. The Hall–Kier alpha value is -3.30. The van der Waals surface area contributed by atoms with Gasteiger partial charge in [0.25, 0.3) is 0 Å². The molecule has 0 aliphatic heterocycles. The van der Waals surface area contributed by atoms with Crippen LogP contribution in [0.2, 0.25) is 0 Å². The lowest BCUT2D eigenvalue weighted by atomic mass is 10.1. The molecule has 0 aliphatic carbocycles. The molecule has 0 saturated heterocycles. The van der Waals surface area contributed by atoms with E-state index >= 15 is 0 Å². The van der Waals surface area contributed by atoms with Gasteiger partial charge in [0, 0.05) is 5.56 Å². The van der Waals surface area contributed by atoms with E-state index < -0.39 is 0 Å². The van der Waals surface area contributed by atoms with E-state index in [1.54, 1.807) is 25.3 Å². The molecule has 0 saturated carbocycles. The van der Waals surface area contributed by atoms with Crippen molar-refractivity contribution in [2.75, 3.05) is 18.2 Å². The Morgan fingerprint density at radius 1 is 1.14 bits per heavy atom. The summed E-state index contributed by atoms with van der Waals surface area (Å²) in [5.41, 5.74) is 3.96. The minimum absolute atomic E-state index is 0.136. The molecule has 1 amide bonds. The van der Waals surface area contributed by atoms with E-state index in [-0.39, 0.29) is 11.7 Å². The van der Waals surface area contributed by atoms with Crippen LogP contribution in [0.4, 0.5) is 5.69 Å². The molecule has 0 fully saturated rings. The van der Waals surface area contributed by atoms with Gasteiger partial charge in [0.15, 0.2) is 0 Å². The molecule has 0 aliphatic rings. The summed E-state index contributed by atoms with van der Waals surface area (Å²) in [6, 6.07) is 20.9. The van der Waals surface area contributed by atoms with Crippen molar-refractivity contribution in [2.24, 2.45) is 0 Å². The number of nitriles is 1. The van der Waals surface area contributed by atoms with E-state index in [4.69, 9.17) is 4.74 Å². The van der Waals surface area contributed by atoms with Crippen molar-refractivity contribution < 1.29 is 9.53 Å². The third kappa shape index (κ3) is 4.70. The quantitative estimate of drug-likeness (QED) is 0.620. The highest BCUT2D eigenvalue weighted by molar-refractivity contribution is 8.00. The monoisotopic (exact) mass is 389 g/mol. The maximum atomic E-state index is 12.3. The Morgan fingerprint density at radius 3 is 2.61 bits per heavy atom. The lowest BCUT2D eigenvalue weighted by Crippen LogP contribution is -2.15. The first-order valence-corrected chi connectivity index (χ1v) is 9.63. The highest BCUT2D eigenvalue weighted by atomic mass is 32.2. The van der Waals surface area contributed by atoms with Gasteiger partial charge >= 0.3 is 0 Å². The molecule has 3 aromatic rings. The van der Waals surface area contributed by atoms with Gasteiger partial charge in [-0.2, -0.15) is 5.26 Å². The van der Waals surface area contributed by atoms with Crippen LogP contribution < -0.4 is 10.1 Å². The van der Waals surface area contributed by atoms with E-state index in [0.717, 1.165) is 11.3 Å². The number of anilines is 1. The number of para-hydroxylation sites is 2. The van der Waals surface area contributed by atoms with Crippen molar-refractivity contribution in [1.29, 1.82) is 5.26 Å². The number of pyridine rings is 1. The van der Waals surface area contributed by atoms with E-state index in [2.05, 4.69) is 16.4 Å². The molecule has 0 spiro atoms. The first kappa shape index (κ1) is 19.5. The number of carbonyl (C=O) groups is 1. The van der Waals surface area contributed by atoms with E-state index in [1.165, 1.54) is 17.3 Å². The van der Waals surface area contributed by atoms with Crippen LogP contribution >= 0.6 is 11.8 Å². The first-order chi connectivity index (χ1) is 13.6. The number of hydrogen-bond acceptors (Lipinski definition) is 5. The van der Waals surface area contributed by atoms with Gasteiger partial charge in [-0.25, -0.2) is 4.98 Å². The van der Waals surface area contributed by atoms with E-state index in [9.17, 15) is 10.1 Å². The number of carbonyl (C=O) groups excluding carboxylic acids is 1. The van der Waals surface area contributed by atoms with Crippen molar-refractivity contribution in [2.45, 2.75) is 11.9 Å². The second kappa shape index (κ2) is 9.07. The Morgan fingerprint density at radius 2 is 1.89 bits per heavy atom. The number of hydrogen-bond donors (Lipinski definition) is 1. The lowest BCUT2D eigenvalue weighted by molar-refractivity contribution is -0.113. The third-order valence-electron chi connectivity index (χ3n) is 4.05. The third-order valence-corrected chi connectivity index (χ3v) is 5.04. The molecule has 0 unspecified atom stereocenters. The van der Waals surface area contributed by atoms with Crippen LogP contribution in [0, 0.1) is 18.3 Å². The van der Waals surface area contributed by atoms with Gasteiger partial charge in [0.2, 0.25) is 5.91 Å².